The molecule has 0 N–H and O–H groups in total. The zero-order valence-electron chi connectivity index (χ0n) is 11.5. The molecule has 1 atom stereocenters. The van der Waals surface area contributed by atoms with Crippen LogP contribution in [0, 0.1) is 5.82 Å². The fourth-order valence-electron chi connectivity index (χ4n) is 2.51. The Labute approximate surface area is 116 Å². The molecular weight excluding hydrogens is 263 g/mol. The lowest BCUT2D eigenvalue weighted by Crippen LogP contribution is -2.17. The molecule has 1 aromatic rings. The van der Waals surface area contributed by atoms with E-state index in [2.05, 4.69) is 9.47 Å². The summed E-state index contributed by atoms with van der Waals surface area (Å²) in [7, 11) is 2.41. The van der Waals surface area contributed by atoms with Crippen molar-refractivity contribution >= 4 is 17.5 Å². The average molecular weight is 278 g/mol. The van der Waals surface area contributed by atoms with Crippen molar-refractivity contribution in [2.24, 2.45) is 0 Å². The molecule has 0 amide bonds. The van der Waals surface area contributed by atoms with Crippen molar-refractivity contribution in [1.82, 2.24) is 0 Å². The number of fused-ring (bicyclic) bond motifs is 1. The Morgan fingerprint density at radius 2 is 1.80 bits per heavy atom. The maximum absolute atomic E-state index is 13.3. The number of hydrogen-bond acceptors (Lipinski definition) is 4. The van der Waals surface area contributed by atoms with Crippen LogP contribution in [-0.2, 0) is 19.1 Å². The van der Waals surface area contributed by atoms with Crippen LogP contribution in [0.4, 0.5) is 4.39 Å². The van der Waals surface area contributed by atoms with Gasteiger partial charge in [-0.1, -0.05) is 13.0 Å². The van der Waals surface area contributed by atoms with E-state index in [4.69, 9.17) is 0 Å². The molecular formula is C15H15FO4. The summed E-state index contributed by atoms with van der Waals surface area (Å²) in [4.78, 5) is 23.7. The van der Waals surface area contributed by atoms with Gasteiger partial charge in [-0.05, 0) is 41.2 Å². The summed E-state index contributed by atoms with van der Waals surface area (Å²) < 4.78 is 22.6. The summed E-state index contributed by atoms with van der Waals surface area (Å²) >= 11 is 0. The fourth-order valence-corrected chi connectivity index (χ4v) is 2.51. The monoisotopic (exact) mass is 278 g/mol. The second-order valence-corrected chi connectivity index (χ2v) is 4.67. The highest BCUT2D eigenvalue weighted by Crippen LogP contribution is 2.43. The minimum absolute atomic E-state index is 0.0278. The van der Waals surface area contributed by atoms with E-state index < -0.39 is 11.9 Å². The smallest absolute Gasteiger partial charge is 0.345 e. The quantitative estimate of drug-likeness (QED) is 0.361. The van der Waals surface area contributed by atoms with Crippen molar-refractivity contribution in [1.29, 1.82) is 0 Å². The molecule has 2 rings (SSSR count). The standard InChI is InChI=1S/C15H15FO4/c1-8-6-12(10-5-4-9(16)7-11(8)10)13(14(17)19-2)15(18)20-3/h4-5,7-8H,6H2,1-3H3. The van der Waals surface area contributed by atoms with E-state index in [1.165, 1.54) is 26.4 Å². The van der Waals surface area contributed by atoms with Gasteiger partial charge in [-0.25, -0.2) is 14.0 Å². The predicted molar refractivity (Wildman–Crippen MR) is 70.4 cm³/mol. The molecule has 20 heavy (non-hydrogen) atoms. The second-order valence-electron chi connectivity index (χ2n) is 4.67. The Hall–Kier alpha value is -2.17. The zero-order valence-corrected chi connectivity index (χ0v) is 11.5. The first-order valence-electron chi connectivity index (χ1n) is 6.19. The molecule has 1 aliphatic rings. The molecule has 0 spiro atoms. The summed E-state index contributed by atoms with van der Waals surface area (Å²) in [5.41, 5.74) is 1.91. The van der Waals surface area contributed by atoms with Crippen LogP contribution in [0.5, 0.6) is 0 Å². The van der Waals surface area contributed by atoms with Gasteiger partial charge in [0.15, 0.2) is 0 Å². The van der Waals surface area contributed by atoms with E-state index in [-0.39, 0.29) is 17.3 Å². The molecule has 4 nitrogen and oxygen atoms in total. The van der Waals surface area contributed by atoms with Gasteiger partial charge in [0.1, 0.15) is 11.4 Å². The summed E-state index contributed by atoms with van der Waals surface area (Å²) in [6, 6.07) is 4.32. The van der Waals surface area contributed by atoms with E-state index in [0.717, 1.165) is 5.56 Å². The van der Waals surface area contributed by atoms with Crippen LogP contribution >= 0.6 is 0 Å². The van der Waals surface area contributed by atoms with E-state index in [1.54, 1.807) is 6.07 Å². The first-order valence-corrected chi connectivity index (χ1v) is 6.19. The number of carbonyl (C=O) groups is 2. The number of carbonyl (C=O) groups excluding carboxylic acids is 2. The normalized spacial score (nSPS) is 16.6. The number of ether oxygens (including phenoxy) is 2. The minimum Gasteiger partial charge on any atom is -0.465 e. The van der Waals surface area contributed by atoms with Gasteiger partial charge < -0.3 is 9.47 Å². The SMILES string of the molecule is COC(=O)C(C(=O)OC)=C1CC(C)c2cc(F)ccc21. The molecule has 0 heterocycles. The van der Waals surface area contributed by atoms with Crippen molar-refractivity contribution < 1.29 is 23.5 Å². The van der Waals surface area contributed by atoms with Gasteiger partial charge >= 0.3 is 11.9 Å². The molecule has 0 fully saturated rings. The van der Waals surface area contributed by atoms with Crippen LogP contribution < -0.4 is 0 Å². The summed E-state index contributed by atoms with van der Waals surface area (Å²) in [6.45, 7) is 1.91. The number of rotatable bonds is 2. The Balaban J connectivity index is 2.64. The summed E-state index contributed by atoms with van der Waals surface area (Å²) in [5.74, 6) is -1.79. The first kappa shape index (κ1) is 14.2. The van der Waals surface area contributed by atoms with Gasteiger partial charge in [-0.3, -0.25) is 0 Å². The third-order valence-corrected chi connectivity index (χ3v) is 3.46. The van der Waals surface area contributed by atoms with E-state index in [0.29, 0.717) is 17.6 Å². The minimum atomic E-state index is -0.740. The summed E-state index contributed by atoms with van der Waals surface area (Å²) in [6.07, 6.45) is 0.471. The molecule has 0 saturated carbocycles. The number of esters is 2. The third kappa shape index (κ3) is 2.31. The van der Waals surface area contributed by atoms with E-state index >= 15 is 0 Å². The lowest BCUT2D eigenvalue weighted by molar-refractivity contribution is -0.143. The van der Waals surface area contributed by atoms with Crippen LogP contribution in [0.2, 0.25) is 0 Å². The van der Waals surface area contributed by atoms with E-state index in [9.17, 15) is 14.0 Å². The second kappa shape index (κ2) is 5.45. The zero-order chi connectivity index (χ0) is 14.9. The number of halogens is 1. The Kier molecular flexibility index (Phi) is 3.88. The van der Waals surface area contributed by atoms with Gasteiger partial charge in [0.05, 0.1) is 14.2 Å². The van der Waals surface area contributed by atoms with Gasteiger partial charge in [-0.15, -0.1) is 0 Å². The molecule has 0 saturated heterocycles. The lowest BCUT2D eigenvalue weighted by Gasteiger charge is -2.08. The molecule has 1 aliphatic carbocycles. The number of hydrogen-bond donors (Lipinski definition) is 0. The van der Waals surface area contributed by atoms with Crippen molar-refractivity contribution in [3.05, 3.63) is 40.7 Å². The number of allylic oxidation sites excluding steroid dienone is 1. The van der Waals surface area contributed by atoms with Crippen molar-refractivity contribution in [3.63, 3.8) is 0 Å². The van der Waals surface area contributed by atoms with Crippen molar-refractivity contribution in [3.8, 4) is 0 Å². The van der Waals surface area contributed by atoms with Crippen molar-refractivity contribution in [2.45, 2.75) is 19.3 Å². The fraction of sp³-hybridized carbons (Fsp3) is 0.333. The molecule has 0 aliphatic heterocycles. The van der Waals surface area contributed by atoms with Crippen LogP contribution in [-0.4, -0.2) is 26.2 Å². The molecule has 106 valence electrons. The Morgan fingerprint density at radius 1 is 1.20 bits per heavy atom. The molecule has 0 radical (unpaired) electrons. The highest BCUT2D eigenvalue weighted by atomic mass is 19.1. The van der Waals surface area contributed by atoms with Crippen LogP contribution in [0.25, 0.3) is 5.57 Å². The van der Waals surface area contributed by atoms with Crippen LogP contribution in [0.1, 0.15) is 30.4 Å². The average Bonchev–Trinajstić information content (AvgIpc) is 2.75. The summed E-state index contributed by atoms with van der Waals surface area (Å²) in [5, 5.41) is 0. The highest BCUT2D eigenvalue weighted by molar-refractivity contribution is 6.20. The molecule has 5 heteroatoms. The van der Waals surface area contributed by atoms with E-state index in [1.807, 2.05) is 6.92 Å². The maximum atomic E-state index is 13.3. The Bertz CT molecular complexity index is 586. The molecule has 1 unspecified atom stereocenters. The first-order chi connectivity index (χ1) is 9.49. The van der Waals surface area contributed by atoms with Crippen LogP contribution in [0.3, 0.4) is 0 Å². The van der Waals surface area contributed by atoms with Gasteiger partial charge in [0.25, 0.3) is 0 Å². The van der Waals surface area contributed by atoms with Gasteiger partial charge in [0.2, 0.25) is 0 Å². The molecule has 0 bridgehead atoms. The Morgan fingerprint density at radius 3 is 2.35 bits per heavy atom. The largest absolute Gasteiger partial charge is 0.465 e. The molecule has 1 aromatic carbocycles. The predicted octanol–water partition coefficient (Wildman–Crippen LogP) is 2.43. The number of methoxy groups -OCH3 is 2. The van der Waals surface area contributed by atoms with Gasteiger partial charge in [-0.2, -0.15) is 0 Å². The molecule has 0 aromatic heterocycles. The van der Waals surface area contributed by atoms with Crippen molar-refractivity contribution in [2.75, 3.05) is 14.2 Å². The highest BCUT2D eigenvalue weighted by Gasteiger charge is 2.32. The topological polar surface area (TPSA) is 52.6 Å². The lowest BCUT2D eigenvalue weighted by atomic mass is 10.0. The maximum Gasteiger partial charge on any atom is 0.345 e. The van der Waals surface area contributed by atoms with Crippen LogP contribution in [0.15, 0.2) is 23.8 Å². The third-order valence-electron chi connectivity index (χ3n) is 3.46. The number of benzene rings is 1. The van der Waals surface area contributed by atoms with Gasteiger partial charge in [0, 0.05) is 0 Å².